The minimum atomic E-state index is -0.215. The first-order valence-corrected chi connectivity index (χ1v) is 10.3. The molecule has 0 bridgehead atoms. The van der Waals surface area contributed by atoms with Crippen LogP contribution >= 0.6 is 11.6 Å². The molecule has 0 aliphatic carbocycles. The zero-order valence-electron chi connectivity index (χ0n) is 17.1. The van der Waals surface area contributed by atoms with Gasteiger partial charge >= 0.3 is 0 Å². The summed E-state index contributed by atoms with van der Waals surface area (Å²) < 4.78 is 8.97. The summed E-state index contributed by atoms with van der Waals surface area (Å²) >= 11 is 6.02. The molecule has 3 heterocycles. The molecule has 0 N–H and O–H groups in total. The Hall–Kier alpha value is -3.97. The first kappa shape index (κ1) is 20.0. The van der Waals surface area contributed by atoms with Gasteiger partial charge < -0.3 is 9.30 Å². The second-order valence-corrected chi connectivity index (χ2v) is 7.71. The summed E-state index contributed by atoms with van der Waals surface area (Å²) in [4.78, 5) is 17.5. The lowest BCUT2D eigenvalue weighted by molar-refractivity contribution is 0.103. The molecular formula is C24H18ClN5O2. The summed E-state index contributed by atoms with van der Waals surface area (Å²) in [5.74, 6) is 0.461. The van der Waals surface area contributed by atoms with Gasteiger partial charge in [-0.2, -0.15) is 0 Å². The third-order valence-electron chi connectivity index (χ3n) is 5.24. The Labute approximate surface area is 188 Å². The van der Waals surface area contributed by atoms with Gasteiger partial charge in [-0.1, -0.05) is 28.9 Å². The van der Waals surface area contributed by atoms with Crippen LogP contribution < -0.4 is 4.74 Å². The number of pyridine rings is 1. The van der Waals surface area contributed by atoms with E-state index in [0.29, 0.717) is 22.9 Å². The highest BCUT2D eigenvalue weighted by Crippen LogP contribution is 2.28. The highest BCUT2D eigenvalue weighted by Gasteiger charge is 2.20. The van der Waals surface area contributed by atoms with Crippen molar-refractivity contribution >= 4 is 28.3 Å². The molecule has 5 aromatic rings. The number of halogens is 1. The number of hydrogen-bond acceptors (Lipinski definition) is 5. The molecule has 3 aromatic heterocycles. The average molecular weight is 444 g/mol. The van der Waals surface area contributed by atoms with E-state index in [1.807, 2.05) is 59.3 Å². The standard InChI is InChI=1S/C24H18ClN5O2/c1-32-19-8-9-23-20(11-19)21(14-29(23)13-16-4-6-17(25)7-5-16)24(31)22-15-30(28-27-22)18-3-2-10-26-12-18/h2-12,14-15H,13H2,1H3. The fraction of sp³-hybridized carbons (Fsp3) is 0.0833. The molecule has 0 spiro atoms. The smallest absolute Gasteiger partial charge is 0.217 e. The third kappa shape index (κ3) is 3.74. The lowest BCUT2D eigenvalue weighted by Crippen LogP contribution is -2.02. The van der Waals surface area contributed by atoms with Gasteiger partial charge in [0.2, 0.25) is 5.78 Å². The Morgan fingerprint density at radius 3 is 2.69 bits per heavy atom. The number of methoxy groups -OCH3 is 1. The van der Waals surface area contributed by atoms with Gasteiger partial charge in [-0.3, -0.25) is 9.78 Å². The lowest BCUT2D eigenvalue weighted by atomic mass is 10.1. The van der Waals surface area contributed by atoms with Gasteiger partial charge in [0.15, 0.2) is 5.69 Å². The number of rotatable bonds is 6. The van der Waals surface area contributed by atoms with Crippen molar-refractivity contribution in [3.63, 3.8) is 0 Å². The average Bonchev–Trinajstić information content (AvgIpc) is 3.46. The predicted octanol–water partition coefficient (Wildman–Crippen LogP) is 4.56. The summed E-state index contributed by atoms with van der Waals surface area (Å²) in [6.45, 7) is 0.593. The topological polar surface area (TPSA) is 74.8 Å². The molecule has 0 unspecified atom stereocenters. The zero-order chi connectivity index (χ0) is 22.1. The van der Waals surface area contributed by atoms with Crippen LogP contribution in [0.15, 0.2) is 79.4 Å². The van der Waals surface area contributed by atoms with Crippen LogP contribution in [0.25, 0.3) is 16.6 Å². The molecule has 0 saturated carbocycles. The minimum Gasteiger partial charge on any atom is -0.497 e. The van der Waals surface area contributed by atoms with Crippen LogP contribution in [0.1, 0.15) is 21.6 Å². The van der Waals surface area contributed by atoms with Gasteiger partial charge in [0.05, 0.1) is 25.2 Å². The number of carbonyl (C=O) groups is 1. The van der Waals surface area contributed by atoms with E-state index in [-0.39, 0.29) is 11.5 Å². The maximum atomic E-state index is 13.4. The van der Waals surface area contributed by atoms with E-state index in [2.05, 4.69) is 15.3 Å². The lowest BCUT2D eigenvalue weighted by Gasteiger charge is -2.06. The predicted molar refractivity (Wildman–Crippen MR) is 122 cm³/mol. The van der Waals surface area contributed by atoms with Gasteiger partial charge in [-0.05, 0) is 48.0 Å². The number of carbonyl (C=O) groups excluding carboxylic acids is 1. The normalized spacial score (nSPS) is 11.1. The van der Waals surface area contributed by atoms with Crippen molar-refractivity contribution in [3.05, 3.63) is 101 Å². The third-order valence-corrected chi connectivity index (χ3v) is 5.49. The highest BCUT2D eigenvalue weighted by molar-refractivity contribution is 6.30. The molecule has 32 heavy (non-hydrogen) atoms. The zero-order valence-corrected chi connectivity index (χ0v) is 17.9. The van der Waals surface area contributed by atoms with E-state index in [0.717, 1.165) is 22.2 Å². The number of ketones is 1. The summed E-state index contributed by atoms with van der Waals surface area (Å²) in [6, 6.07) is 17.0. The number of aromatic nitrogens is 5. The van der Waals surface area contributed by atoms with Crippen LogP contribution in [0, 0.1) is 0 Å². The fourth-order valence-electron chi connectivity index (χ4n) is 3.62. The van der Waals surface area contributed by atoms with E-state index in [9.17, 15) is 4.79 Å². The Morgan fingerprint density at radius 2 is 1.94 bits per heavy atom. The molecule has 0 radical (unpaired) electrons. The molecule has 7 nitrogen and oxygen atoms in total. The van der Waals surface area contributed by atoms with E-state index in [4.69, 9.17) is 16.3 Å². The van der Waals surface area contributed by atoms with E-state index < -0.39 is 0 Å². The van der Waals surface area contributed by atoms with Crippen molar-refractivity contribution in [2.24, 2.45) is 0 Å². The van der Waals surface area contributed by atoms with Crippen LogP contribution in [-0.2, 0) is 6.54 Å². The van der Waals surface area contributed by atoms with Crippen LogP contribution in [-0.4, -0.2) is 37.4 Å². The summed E-state index contributed by atoms with van der Waals surface area (Å²) in [6.07, 6.45) is 6.80. The van der Waals surface area contributed by atoms with Gasteiger partial charge in [0, 0.05) is 40.4 Å². The first-order valence-electron chi connectivity index (χ1n) is 9.91. The highest BCUT2D eigenvalue weighted by atomic mass is 35.5. The molecular weight excluding hydrogens is 426 g/mol. The van der Waals surface area contributed by atoms with Crippen molar-refractivity contribution in [1.82, 2.24) is 24.5 Å². The Morgan fingerprint density at radius 1 is 1.09 bits per heavy atom. The monoisotopic (exact) mass is 443 g/mol. The number of benzene rings is 2. The molecule has 8 heteroatoms. The Kier molecular flexibility index (Phi) is 5.17. The minimum absolute atomic E-state index is 0.215. The molecule has 158 valence electrons. The first-order chi connectivity index (χ1) is 15.6. The second-order valence-electron chi connectivity index (χ2n) is 7.27. The van der Waals surface area contributed by atoms with Crippen molar-refractivity contribution in [2.75, 3.05) is 7.11 Å². The molecule has 0 fully saturated rings. The second kappa shape index (κ2) is 8.28. The van der Waals surface area contributed by atoms with Crippen molar-refractivity contribution < 1.29 is 9.53 Å². The molecule has 0 saturated heterocycles. The van der Waals surface area contributed by atoms with Gasteiger partial charge in [-0.15, -0.1) is 5.10 Å². The Balaban J connectivity index is 1.56. The van der Waals surface area contributed by atoms with Crippen molar-refractivity contribution in [2.45, 2.75) is 6.54 Å². The molecule has 2 aromatic carbocycles. The van der Waals surface area contributed by atoms with E-state index >= 15 is 0 Å². The van der Waals surface area contributed by atoms with Crippen molar-refractivity contribution in [3.8, 4) is 11.4 Å². The molecule has 5 rings (SSSR count). The van der Waals surface area contributed by atoms with E-state index in [1.165, 1.54) is 4.68 Å². The van der Waals surface area contributed by atoms with Crippen molar-refractivity contribution in [1.29, 1.82) is 0 Å². The maximum absolute atomic E-state index is 13.4. The molecule has 0 aliphatic rings. The number of nitrogens with zero attached hydrogens (tertiary/aromatic N) is 5. The fourth-order valence-corrected chi connectivity index (χ4v) is 3.75. The summed E-state index contributed by atoms with van der Waals surface area (Å²) in [5, 5.41) is 9.67. The largest absolute Gasteiger partial charge is 0.497 e. The van der Waals surface area contributed by atoms with Gasteiger partial charge in [0.1, 0.15) is 5.75 Å². The van der Waals surface area contributed by atoms with Crippen LogP contribution in [0.5, 0.6) is 5.75 Å². The quantitative estimate of drug-likeness (QED) is 0.360. The summed E-state index contributed by atoms with van der Waals surface area (Å²) in [5.41, 5.74) is 3.51. The van der Waals surface area contributed by atoms with Gasteiger partial charge in [0.25, 0.3) is 0 Å². The van der Waals surface area contributed by atoms with E-state index in [1.54, 1.807) is 31.8 Å². The Bertz CT molecular complexity index is 1410. The van der Waals surface area contributed by atoms with Gasteiger partial charge in [-0.25, -0.2) is 4.68 Å². The number of hydrogen-bond donors (Lipinski definition) is 0. The molecule has 0 amide bonds. The molecule has 0 aliphatic heterocycles. The number of ether oxygens (including phenoxy) is 1. The van der Waals surface area contributed by atoms with Crippen LogP contribution in [0.4, 0.5) is 0 Å². The summed E-state index contributed by atoms with van der Waals surface area (Å²) in [7, 11) is 1.60. The molecule has 0 atom stereocenters. The van der Waals surface area contributed by atoms with Crippen LogP contribution in [0.2, 0.25) is 5.02 Å². The number of fused-ring (bicyclic) bond motifs is 1. The maximum Gasteiger partial charge on any atom is 0.217 e. The van der Waals surface area contributed by atoms with Crippen LogP contribution in [0.3, 0.4) is 0 Å². The SMILES string of the molecule is COc1ccc2c(c1)c(C(=O)c1cn(-c3cccnc3)nn1)cn2Cc1ccc(Cl)cc1.